The zero-order chi connectivity index (χ0) is 64.9. The summed E-state index contributed by atoms with van der Waals surface area (Å²) in [5, 5.41) is 4.61. The predicted molar refractivity (Wildman–Crippen MR) is 411 cm³/mol. The van der Waals surface area contributed by atoms with E-state index in [0.29, 0.717) is 5.82 Å². The molecule has 18 rings (SSSR count). The molecule has 15 aromatic carbocycles. The minimum atomic E-state index is 0.656. The molecule has 0 radical (unpaired) electrons. The molecule has 0 aliphatic rings. The van der Waals surface area contributed by atoms with Crippen LogP contribution in [0.3, 0.4) is 0 Å². The normalized spacial score (nSPS) is 11.5. The number of rotatable bonds is 13. The lowest BCUT2D eigenvalue weighted by atomic mass is 9.96. The van der Waals surface area contributed by atoms with Crippen LogP contribution in [0.15, 0.2) is 376 Å². The van der Waals surface area contributed by atoms with E-state index in [1.807, 2.05) is 6.07 Å². The first-order valence-electron chi connectivity index (χ1n) is 33.5. The van der Waals surface area contributed by atoms with Crippen molar-refractivity contribution in [2.45, 2.75) is 0 Å². The summed E-state index contributed by atoms with van der Waals surface area (Å²) in [7, 11) is 0. The topological polar surface area (TPSA) is 35.6 Å². The van der Waals surface area contributed by atoms with Gasteiger partial charge in [-0.25, -0.2) is 9.97 Å². The van der Waals surface area contributed by atoms with Crippen LogP contribution in [0.2, 0.25) is 0 Å². The highest BCUT2D eigenvalue weighted by molar-refractivity contribution is 6.14. The van der Waals surface area contributed by atoms with Crippen LogP contribution < -0.4 is 0 Å². The highest BCUT2D eigenvalue weighted by Crippen LogP contribution is 2.44. The van der Waals surface area contributed by atoms with Crippen molar-refractivity contribution in [3.05, 3.63) is 376 Å². The first-order chi connectivity index (χ1) is 48.5. The fraction of sp³-hybridized carbons (Fsp3) is 0. The molecule has 3 heterocycles. The summed E-state index contributed by atoms with van der Waals surface area (Å²) in [4.78, 5) is 10.9. The zero-order valence-corrected chi connectivity index (χ0v) is 53.6. The molecule has 0 spiro atoms. The maximum absolute atomic E-state index is 5.56. The molecule has 0 atom stereocenters. The van der Waals surface area contributed by atoms with Gasteiger partial charge in [0.25, 0.3) is 0 Å². The molecule has 0 saturated heterocycles. The highest BCUT2D eigenvalue weighted by atomic mass is 15.0. The van der Waals surface area contributed by atoms with Crippen molar-refractivity contribution in [2.24, 2.45) is 0 Å². The van der Waals surface area contributed by atoms with Crippen LogP contribution in [0.25, 0.3) is 178 Å². The Kier molecular flexibility index (Phi) is 14.5. The van der Waals surface area contributed by atoms with Crippen LogP contribution in [-0.4, -0.2) is 19.1 Å². The van der Waals surface area contributed by atoms with Gasteiger partial charge < -0.3 is 9.13 Å². The van der Waals surface area contributed by atoms with E-state index in [9.17, 15) is 0 Å². The molecule has 0 aliphatic heterocycles. The van der Waals surface area contributed by atoms with E-state index in [-0.39, 0.29) is 0 Å². The third-order valence-corrected chi connectivity index (χ3v) is 19.3. The summed E-state index contributed by atoms with van der Waals surface area (Å²) < 4.78 is 4.96. The molecule has 98 heavy (non-hydrogen) atoms. The number of fused-ring (bicyclic) bond motifs is 6. The molecule has 18 aromatic rings. The molecule has 0 bridgehead atoms. The van der Waals surface area contributed by atoms with Gasteiger partial charge >= 0.3 is 0 Å². The summed E-state index contributed by atoms with van der Waals surface area (Å²) in [6.45, 7) is 0. The Hall–Kier alpha value is -13.0. The van der Waals surface area contributed by atoms with Crippen molar-refractivity contribution in [2.75, 3.05) is 0 Å². The molecule has 0 N–H and O–H groups in total. The number of hydrogen-bond acceptors (Lipinski definition) is 2. The lowest BCUT2D eigenvalue weighted by molar-refractivity contribution is 1.13. The highest BCUT2D eigenvalue weighted by Gasteiger charge is 2.22. The van der Waals surface area contributed by atoms with Gasteiger partial charge in [-0.05, 0) is 186 Å². The van der Waals surface area contributed by atoms with Crippen LogP contribution in [0.4, 0.5) is 0 Å². The molecule has 458 valence electrons. The second kappa shape index (κ2) is 24.7. The number of hydrogen-bond donors (Lipinski definition) is 0. The third kappa shape index (κ3) is 10.8. The van der Waals surface area contributed by atoms with Gasteiger partial charge in [0.1, 0.15) is 0 Å². The van der Waals surface area contributed by atoms with E-state index in [0.717, 1.165) is 128 Å². The summed E-state index contributed by atoms with van der Waals surface area (Å²) in [5.74, 6) is 0.656. The second-order valence-corrected chi connectivity index (χ2v) is 25.3. The molecular weight excluding hydrogens is 1190 g/mol. The van der Waals surface area contributed by atoms with Crippen molar-refractivity contribution >= 4 is 43.6 Å². The number of aromatic nitrogens is 4. The number of nitrogens with zero attached hydrogens (tertiary/aromatic N) is 4. The average molecular weight is 1250 g/mol. The molecule has 3 aromatic heterocycles. The molecule has 4 heteroatoms. The van der Waals surface area contributed by atoms with Crippen LogP contribution in [0.5, 0.6) is 0 Å². The van der Waals surface area contributed by atoms with Crippen LogP contribution in [0, 0.1) is 0 Å². The van der Waals surface area contributed by atoms with E-state index in [4.69, 9.17) is 9.97 Å². The fourth-order valence-electron chi connectivity index (χ4n) is 14.4. The minimum absolute atomic E-state index is 0.656. The van der Waals surface area contributed by atoms with E-state index < -0.39 is 0 Å². The van der Waals surface area contributed by atoms with E-state index in [2.05, 4.69) is 379 Å². The van der Waals surface area contributed by atoms with Gasteiger partial charge in [0.2, 0.25) is 0 Å². The molecule has 4 nitrogen and oxygen atoms in total. The molecule has 0 amide bonds. The minimum Gasteiger partial charge on any atom is -0.309 e. The SMILES string of the molecule is c1ccc(-c2cccc(-c3ccc4c(c3)c3cc(-c5cccc(-c6ccccc6)c5)ccc3n4-c3cc(-c4cc(-c5ccccc5)nc(-c5ccccc5)n4)cc(-n4c5ccc(-c6cccc(-c7ccccc7)c6)cc5c5cc(-c6cccc(-c7ccccc7)c6)ccc54)c3)c2)cc1. The van der Waals surface area contributed by atoms with Gasteiger partial charge in [-0.1, -0.05) is 279 Å². The molecule has 0 aliphatic carbocycles. The smallest absolute Gasteiger partial charge is 0.160 e. The van der Waals surface area contributed by atoms with Gasteiger partial charge in [0, 0.05) is 49.6 Å². The van der Waals surface area contributed by atoms with E-state index >= 15 is 0 Å². The molecule has 0 unspecified atom stereocenters. The predicted octanol–water partition coefficient (Wildman–Crippen LogP) is 25.0. The standard InChI is InChI=1S/C94H62N4/c1-7-23-63(24-8-1)69-35-19-39-73(51-69)77-43-47-90-84(57-77)85-58-78(74-40-20-36-70(52-74)64-25-9-2-10-26-64)44-48-91(85)97(90)82-55-81(89-62-88(67-31-15-5-16-32-67)95-94(96-89)68-33-17-6-18-34-68)56-83(61-82)98-92-49-45-79(75-41-21-37-71(53-75)65-27-11-3-12-28-65)59-86(92)87-60-80(46-50-93(87)98)76-42-22-38-72(54-76)66-29-13-4-14-30-66/h1-62H. The molecule has 0 saturated carbocycles. The Morgan fingerprint density at radius 2 is 0.388 bits per heavy atom. The molecule has 0 fully saturated rings. The maximum Gasteiger partial charge on any atom is 0.160 e. The lowest BCUT2D eigenvalue weighted by Crippen LogP contribution is -2.02. The van der Waals surface area contributed by atoms with Gasteiger partial charge in [-0.15, -0.1) is 0 Å². The third-order valence-electron chi connectivity index (χ3n) is 19.3. The Balaban J connectivity index is 0.896. The maximum atomic E-state index is 5.56. The first-order valence-corrected chi connectivity index (χ1v) is 33.5. The summed E-state index contributed by atoms with van der Waals surface area (Å²) in [6.07, 6.45) is 0. The number of benzene rings is 15. The van der Waals surface area contributed by atoms with Crippen LogP contribution >= 0.6 is 0 Å². The Morgan fingerprint density at radius 1 is 0.153 bits per heavy atom. The second-order valence-electron chi connectivity index (χ2n) is 25.3. The average Bonchev–Trinajstić information content (AvgIpc) is 1.57. The molecular formula is C94H62N4. The first kappa shape index (κ1) is 57.6. The Labute approximate surface area is 569 Å². The largest absolute Gasteiger partial charge is 0.309 e. The van der Waals surface area contributed by atoms with E-state index in [1.165, 1.54) is 44.5 Å². The van der Waals surface area contributed by atoms with Gasteiger partial charge in [0.05, 0.1) is 33.5 Å². The van der Waals surface area contributed by atoms with Crippen LogP contribution in [0.1, 0.15) is 0 Å². The zero-order valence-electron chi connectivity index (χ0n) is 53.6. The Morgan fingerprint density at radius 3 is 0.684 bits per heavy atom. The summed E-state index contributed by atoms with van der Waals surface area (Å²) in [6, 6.07) is 137. The lowest BCUT2D eigenvalue weighted by Gasteiger charge is -2.17. The summed E-state index contributed by atoms with van der Waals surface area (Å²) >= 11 is 0. The van der Waals surface area contributed by atoms with Crippen molar-refractivity contribution in [3.8, 4) is 134 Å². The van der Waals surface area contributed by atoms with Crippen molar-refractivity contribution in [3.63, 3.8) is 0 Å². The fourth-order valence-corrected chi connectivity index (χ4v) is 14.4. The Bertz CT molecular complexity index is 5370. The van der Waals surface area contributed by atoms with Crippen LogP contribution in [-0.2, 0) is 0 Å². The van der Waals surface area contributed by atoms with Gasteiger partial charge in [0.15, 0.2) is 5.82 Å². The van der Waals surface area contributed by atoms with Crippen molar-refractivity contribution in [1.82, 2.24) is 19.1 Å². The quantitative estimate of drug-likeness (QED) is 0.115. The van der Waals surface area contributed by atoms with Gasteiger partial charge in [-0.2, -0.15) is 0 Å². The monoisotopic (exact) mass is 1250 g/mol. The van der Waals surface area contributed by atoms with E-state index in [1.54, 1.807) is 0 Å². The van der Waals surface area contributed by atoms with Crippen molar-refractivity contribution < 1.29 is 0 Å². The summed E-state index contributed by atoms with van der Waals surface area (Å²) in [5.41, 5.74) is 29.6. The van der Waals surface area contributed by atoms with Crippen molar-refractivity contribution in [1.29, 1.82) is 0 Å². The van der Waals surface area contributed by atoms with Gasteiger partial charge in [-0.3, -0.25) is 0 Å².